The van der Waals surface area contributed by atoms with Crippen LogP contribution in [0.15, 0.2) is 66.9 Å². The highest BCUT2D eigenvalue weighted by Gasteiger charge is 2.64. The van der Waals surface area contributed by atoms with Crippen molar-refractivity contribution in [3.8, 4) is 17.2 Å². The molecule has 1 N–H and O–H groups in total. The van der Waals surface area contributed by atoms with Crippen LogP contribution in [-0.2, 0) is 14.4 Å². The number of carbonyl (C=O) groups excluding carboxylic acids is 3. The van der Waals surface area contributed by atoms with Crippen LogP contribution in [0.5, 0.6) is 17.2 Å². The molecule has 3 amide bonds. The zero-order valence-electron chi connectivity index (χ0n) is 20.7. The molecule has 196 valence electrons. The lowest BCUT2D eigenvalue weighted by molar-refractivity contribution is -0.128. The summed E-state index contributed by atoms with van der Waals surface area (Å²) < 4.78 is 16.3. The van der Waals surface area contributed by atoms with Crippen LogP contribution in [-0.4, -0.2) is 42.6 Å². The van der Waals surface area contributed by atoms with Crippen LogP contribution in [0, 0.1) is 11.8 Å². The van der Waals surface area contributed by atoms with E-state index in [0.717, 1.165) is 11.1 Å². The zero-order chi connectivity index (χ0) is 26.8. The first-order chi connectivity index (χ1) is 19.0. The first kappa shape index (κ1) is 23.6. The van der Waals surface area contributed by atoms with Gasteiger partial charge in [-0.2, -0.15) is 0 Å². The third-order valence-corrected chi connectivity index (χ3v) is 8.00. The van der Waals surface area contributed by atoms with E-state index < -0.39 is 35.7 Å². The summed E-state index contributed by atoms with van der Waals surface area (Å²) in [6.45, 7) is 0.0707. The fraction of sp³-hybridized carbons (Fsp3) is 0.207. The van der Waals surface area contributed by atoms with Crippen LogP contribution in [0.25, 0.3) is 6.08 Å². The molecule has 9 nitrogen and oxygen atoms in total. The molecule has 4 aliphatic heterocycles. The van der Waals surface area contributed by atoms with Gasteiger partial charge in [-0.25, -0.2) is 4.90 Å². The fourth-order valence-electron chi connectivity index (χ4n) is 6.12. The molecule has 3 aromatic rings. The second kappa shape index (κ2) is 8.78. The maximum absolute atomic E-state index is 14.1. The molecule has 10 heteroatoms. The molecule has 4 heterocycles. The van der Waals surface area contributed by atoms with Crippen LogP contribution in [0.3, 0.4) is 0 Å². The molecule has 0 saturated carbocycles. The number of amides is 3. The van der Waals surface area contributed by atoms with E-state index in [9.17, 15) is 14.4 Å². The summed E-state index contributed by atoms with van der Waals surface area (Å²) in [4.78, 5) is 45.1. The highest BCUT2D eigenvalue weighted by molar-refractivity contribution is 6.31. The van der Waals surface area contributed by atoms with E-state index >= 15 is 0 Å². The maximum Gasteiger partial charge on any atom is 0.248 e. The van der Waals surface area contributed by atoms with E-state index in [4.69, 9.17) is 25.8 Å². The lowest BCUT2D eigenvalue weighted by atomic mass is 9.84. The minimum absolute atomic E-state index is 0.0707. The van der Waals surface area contributed by atoms with Gasteiger partial charge in [0.25, 0.3) is 0 Å². The highest BCUT2D eigenvalue weighted by atomic mass is 35.5. The summed E-state index contributed by atoms with van der Waals surface area (Å²) in [5.74, 6) is -1.51. The maximum atomic E-state index is 14.1. The first-order valence-electron chi connectivity index (χ1n) is 12.4. The van der Waals surface area contributed by atoms with E-state index in [2.05, 4.69) is 5.32 Å². The van der Waals surface area contributed by atoms with Crippen molar-refractivity contribution < 1.29 is 28.6 Å². The minimum atomic E-state index is -0.955. The molecule has 2 fully saturated rings. The van der Waals surface area contributed by atoms with Gasteiger partial charge in [-0.05, 0) is 47.5 Å². The van der Waals surface area contributed by atoms with E-state index in [1.807, 2.05) is 35.2 Å². The summed E-state index contributed by atoms with van der Waals surface area (Å²) in [5, 5.41) is 3.31. The van der Waals surface area contributed by atoms with E-state index in [1.165, 1.54) is 12.0 Å². The molecule has 0 aromatic heterocycles. The monoisotopic (exact) mass is 543 g/mol. The SMILES string of the molecule is COc1ccc(Cl)cc1NC(=O)[C@@H]1[C@@H]2C(=O)N(c3ccc4c(c3)OCO4)C(=O)[C@@H]2[C@H]2c3ccccc3C=CN12. The molecular formula is C29H22ClN3O6. The lowest BCUT2D eigenvalue weighted by Crippen LogP contribution is -2.46. The third kappa shape index (κ3) is 3.50. The fourth-order valence-corrected chi connectivity index (χ4v) is 6.29. The molecule has 0 unspecified atom stereocenters. The average Bonchev–Trinajstić information content (AvgIpc) is 3.61. The molecule has 0 radical (unpaired) electrons. The van der Waals surface area contributed by atoms with Gasteiger partial charge in [0.05, 0.1) is 36.4 Å². The van der Waals surface area contributed by atoms with E-state index in [-0.39, 0.29) is 12.7 Å². The number of methoxy groups -OCH3 is 1. The van der Waals surface area contributed by atoms with Crippen LogP contribution in [0.4, 0.5) is 11.4 Å². The Balaban J connectivity index is 1.31. The summed E-state index contributed by atoms with van der Waals surface area (Å²) in [5.41, 5.74) is 2.59. The number of ether oxygens (including phenoxy) is 3. The number of imide groups is 1. The Morgan fingerprint density at radius 2 is 1.79 bits per heavy atom. The van der Waals surface area contributed by atoms with Crippen LogP contribution in [0.2, 0.25) is 5.02 Å². The van der Waals surface area contributed by atoms with Gasteiger partial charge in [0.15, 0.2) is 11.5 Å². The number of nitrogens with zero attached hydrogens (tertiary/aromatic N) is 2. The quantitative estimate of drug-likeness (QED) is 0.492. The van der Waals surface area contributed by atoms with Crippen LogP contribution >= 0.6 is 11.6 Å². The summed E-state index contributed by atoms with van der Waals surface area (Å²) in [6.07, 6.45) is 3.70. The molecule has 3 aromatic carbocycles. The lowest BCUT2D eigenvalue weighted by Gasteiger charge is -2.35. The first-order valence-corrected chi connectivity index (χ1v) is 12.8. The predicted octanol–water partition coefficient (Wildman–Crippen LogP) is 4.23. The molecule has 4 atom stereocenters. The Hall–Kier alpha value is -4.50. The van der Waals surface area contributed by atoms with Gasteiger partial charge >= 0.3 is 0 Å². The van der Waals surface area contributed by atoms with Gasteiger partial charge in [0.1, 0.15) is 11.8 Å². The number of hydrogen-bond acceptors (Lipinski definition) is 7. The summed E-state index contributed by atoms with van der Waals surface area (Å²) in [6, 6.07) is 16.1. The smallest absolute Gasteiger partial charge is 0.248 e. The molecule has 0 bridgehead atoms. The van der Waals surface area contributed by atoms with Crippen molar-refractivity contribution >= 4 is 46.8 Å². The number of hydrogen-bond donors (Lipinski definition) is 1. The number of halogens is 1. The molecular weight excluding hydrogens is 522 g/mol. The third-order valence-electron chi connectivity index (χ3n) is 7.76. The van der Waals surface area contributed by atoms with Crippen molar-refractivity contribution in [1.82, 2.24) is 4.90 Å². The number of nitrogens with one attached hydrogen (secondary N) is 1. The van der Waals surface area contributed by atoms with Crippen molar-refractivity contribution in [2.24, 2.45) is 11.8 Å². The number of rotatable bonds is 4. The standard InChI is InChI=1S/C29H22ClN3O6/c1-37-20-8-6-16(30)12-19(20)31-27(34)26-24-23(25-18-5-3-2-4-15(18)10-11-32(25)26)28(35)33(29(24)36)17-7-9-21-22(13-17)39-14-38-21/h2-13,23-26H,14H2,1H3,(H,31,34)/t23-,24+,25+,26-/m0/s1. The number of fused-ring (bicyclic) bond motifs is 6. The van der Waals surface area contributed by atoms with Crippen molar-refractivity contribution in [1.29, 1.82) is 0 Å². The Morgan fingerprint density at radius 3 is 2.64 bits per heavy atom. The average molecular weight is 544 g/mol. The van der Waals surface area contributed by atoms with Crippen LogP contribution < -0.4 is 24.4 Å². The Kier molecular flexibility index (Phi) is 5.31. The minimum Gasteiger partial charge on any atom is -0.495 e. The van der Waals surface area contributed by atoms with Crippen LogP contribution in [0.1, 0.15) is 17.2 Å². The molecule has 0 spiro atoms. The highest BCUT2D eigenvalue weighted by Crippen LogP contribution is 2.54. The summed E-state index contributed by atoms with van der Waals surface area (Å²) >= 11 is 6.19. The van der Waals surface area contributed by atoms with Gasteiger partial charge in [0, 0.05) is 17.3 Å². The molecule has 2 saturated heterocycles. The number of benzene rings is 3. The molecule has 39 heavy (non-hydrogen) atoms. The summed E-state index contributed by atoms with van der Waals surface area (Å²) in [7, 11) is 1.49. The number of anilines is 2. The molecule has 0 aliphatic carbocycles. The van der Waals surface area contributed by atoms with E-state index in [0.29, 0.717) is 33.6 Å². The number of carbonyl (C=O) groups is 3. The van der Waals surface area contributed by atoms with Crippen molar-refractivity contribution in [2.75, 3.05) is 24.1 Å². The Morgan fingerprint density at radius 1 is 1.00 bits per heavy atom. The zero-order valence-corrected chi connectivity index (χ0v) is 21.4. The van der Waals surface area contributed by atoms with Gasteiger partial charge in [-0.3, -0.25) is 14.4 Å². The predicted molar refractivity (Wildman–Crippen MR) is 143 cm³/mol. The normalized spacial score (nSPS) is 23.9. The van der Waals surface area contributed by atoms with E-state index in [1.54, 1.807) is 42.6 Å². The van der Waals surface area contributed by atoms with Crippen molar-refractivity contribution in [3.63, 3.8) is 0 Å². The Bertz CT molecular complexity index is 1590. The molecule has 4 aliphatic rings. The Labute approximate surface area is 228 Å². The van der Waals surface area contributed by atoms with Crippen molar-refractivity contribution in [3.05, 3.63) is 83.0 Å². The second-order valence-corrected chi connectivity index (χ2v) is 10.2. The van der Waals surface area contributed by atoms with Gasteiger partial charge < -0.3 is 24.4 Å². The van der Waals surface area contributed by atoms with Crippen molar-refractivity contribution in [2.45, 2.75) is 12.1 Å². The van der Waals surface area contributed by atoms with Gasteiger partial charge in [0.2, 0.25) is 24.5 Å². The largest absolute Gasteiger partial charge is 0.495 e. The van der Waals surface area contributed by atoms with Gasteiger partial charge in [-0.15, -0.1) is 0 Å². The second-order valence-electron chi connectivity index (χ2n) is 9.72. The molecule has 7 rings (SSSR count). The van der Waals surface area contributed by atoms with Gasteiger partial charge in [-0.1, -0.05) is 35.9 Å². The topological polar surface area (TPSA) is 97.4 Å².